The normalized spacial score (nSPS) is 12.9. The zero-order valence-corrected chi connectivity index (χ0v) is 5.93. The lowest BCUT2D eigenvalue weighted by Crippen LogP contribution is -2.23. The van der Waals surface area contributed by atoms with Gasteiger partial charge in [0.15, 0.2) is 11.9 Å². The number of nitrogens with two attached hydrogens (primary N) is 1. The average Bonchev–Trinajstić information content (AvgIpc) is 2.33. The molecular weight excluding hydrogens is 148 g/mol. The van der Waals surface area contributed by atoms with E-state index in [0.717, 1.165) is 0 Å². The van der Waals surface area contributed by atoms with Crippen molar-refractivity contribution in [3.8, 4) is 0 Å². The van der Waals surface area contributed by atoms with E-state index in [-0.39, 0.29) is 5.82 Å². The van der Waals surface area contributed by atoms with Crippen LogP contribution in [0.25, 0.3) is 0 Å². The van der Waals surface area contributed by atoms with Crippen molar-refractivity contribution in [2.24, 2.45) is 12.8 Å². The number of aryl methyl sites for hydroxylation is 1. The fourth-order valence-electron chi connectivity index (χ4n) is 0.684. The van der Waals surface area contributed by atoms with Gasteiger partial charge in [0.05, 0.1) is 0 Å². The number of hydrogen-bond donors (Lipinski definition) is 2. The summed E-state index contributed by atoms with van der Waals surface area (Å²) < 4.78 is 1.47. The minimum atomic E-state index is -1.11. The number of hydrogen-bond acceptors (Lipinski definition) is 4. The summed E-state index contributed by atoms with van der Waals surface area (Å²) >= 11 is 0. The minimum absolute atomic E-state index is 0.248. The van der Waals surface area contributed by atoms with E-state index in [1.807, 2.05) is 0 Å². The average molecular weight is 156 g/mol. The zero-order chi connectivity index (χ0) is 8.43. The molecule has 1 atom stereocenters. The Morgan fingerprint density at radius 2 is 2.55 bits per heavy atom. The van der Waals surface area contributed by atoms with Gasteiger partial charge in [-0.1, -0.05) is 0 Å². The van der Waals surface area contributed by atoms with Gasteiger partial charge in [-0.05, 0) is 0 Å². The van der Waals surface area contributed by atoms with Gasteiger partial charge in [-0.25, -0.2) is 0 Å². The van der Waals surface area contributed by atoms with Crippen molar-refractivity contribution in [2.45, 2.75) is 6.04 Å². The Morgan fingerprint density at radius 3 is 2.91 bits per heavy atom. The number of carboxylic acids is 1. The lowest BCUT2D eigenvalue weighted by Gasteiger charge is -2.03. The largest absolute Gasteiger partial charge is 0.480 e. The fourth-order valence-corrected chi connectivity index (χ4v) is 0.684. The Morgan fingerprint density at radius 1 is 1.91 bits per heavy atom. The maximum absolute atomic E-state index is 10.3. The third-order valence-corrected chi connectivity index (χ3v) is 1.29. The molecular formula is C5H8N4O2. The lowest BCUT2D eigenvalue weighted by molar-refractivity contribution is -0.138. The predicted octanol–water partition coefficient (Wildman–Crippen LogP) is -1.10. The molecule has 0 fully saturated rings. The monoisotopic (exact) mass is 156 g/mol. The minimum Gasteiger partial charge on any atom is -0.480 e. The Labute approximate surface area is 62.6 Å². The van der Waals surface area contributed by atoms with Gasteiger partial charge >= 0.3 is 5.97 Å². The van der Waals surface area contributed by atoms with Gasteiger partial charge < -0.3 is 15.4 Å². The SMILES string of the molecule is Cn1cnnc1C(N)C(=O)O. The molecule has 0 saturated heterocycles. The van der Waals surface area contributed by atoms with Crippen molar-refractivity contribution in [3.05, 3.63) is 12.2 Å². The van der Waals surface area contributed by atoms with Crippen LogP contribution < -0.4 is 5.73 Å². The summed E-state index contributed by atoms with van der Waals surface area (Å²) in [5.41, 5.74) is 5.26. The molecule has 0 spiro atoms. The molecule has 60 valence electrons. The third-order valence-electron chi connectivity index (χ3n) is 1.29. The second-order valence-corrected chi connectivity index (χ2v) is 2.12. The molecule has 0 aliphatic carbocycles. The molecule has 0 saturated carbocycles. The first-order valence-electron chi connectivity index (χ1n) is 2.95. The van der Waals surface area contributed by atoms with Gasteiger partial charge in [-0.15, -0.1) is 10.2 Å². The van der Waals surface area contributed by atoms with Crippen molar-refractivity contribution >= 4 is 5.97 Å². The van der Waals surface area contributed by atoms with Crippen LogP contribution in [0.3, 0.4) is 0 Å². The highest BCUT2D eigenvalue weighted by atomic mass is 16.4. The van der Waals surface area contributed by atoms with Crippen LogP contribution in [-0.4, -0.2) is 25.8 Å². The van der Waals surface area contributed by atoms with Crippen LogP contribution >= 0.6 is 0 Å². The van der Waals surface area contributed by atoms with Crippen LogP contribution in [0.15, 0.2) is 6.33 Å². The molecule has 1 aromatic heterocycles. The maximum Gasteiger partial charge on any atom is 0.328 e. The van der Waals surface area contributed by atoms with Crippen LogP contribution in [0.2, 0.25) is 0 Å². The summed E-state index contributed by atoms with van der Waals surface area (Å²) in [5, 5.41) is 15.5. The van der Waals surface area contributed by atoms with Crippen LogP contribution in [0.1, 0.15) is 11.9 Å². The smallest absolute Gasteiger partial charge is 0.328 e. The van der Waals surface area contributed by atoms with Gasteiger partial charge in [-0.3, -0.25) is 4.79 Å². The van der Waals surface area contributed by atoms with E-state index in [2.05, 4.69) is 10.2 Å². The molecule has 0 aromatic carbocycles. The second kappa shape index (κ2) is 2.67. The number of aromatic nitrogens is 3. The number of carboxylic acid groups (broad SMARTS) is 1. The van der Waals surface area contributed by atoms with Crippen LogP contribution in [0.4, 0.5) is 0 Å². The van der Waals surface area contributed by atoms with Crippen molar-refractivity contribution < 1.29 is 9.90 Å². The third kappa shape index (κ3) is 1.35. The number of aliphatic carboxylic acids is 1. The number of nitrogens with zero attached hydrogens (tertiary/aromatic N) is 3. The van der Waals surface area contributed by atoms with E-state index in [9.17, 15) is 4.79 Å². The summed E-state index contributed by atoms with van der Waals surface area (Å²) in [6, 6.07) is -1.09. The fraction of sp³-hybridized carbons (Fsp3) is 0.400. The predicted molar refractivity (Wildman–Crippen MR) is 35.6 cm³/mol. The summed E-state index contributed by atoms with van der Waals surface area (Å²) in [5.74, 6) is -0.862. The molecule has 0 aliphatic heterocycles. The number of carbonyl (C=O) groups is 1. The number of rotatable bonds is 2. The molecule has 3 N–H and O–H groups in total. The van der Waals surface area contributed by atoms with E-state index in [4.69, 9.17) is 10.8 Å². The van der Waals surface area contributed by atoms with Gasteiger partial charge in [0.1, 0.15) is 6.33 Å². The van der Waals surface area contributed by atoms with E-state index >= 15 is 0 Å². The first-order chi connectivity index (χ1) is 5.13. The molecule has 0 bridgehead atoms. The van der Waals surface area contributed by atoms with Crippen molar-refractivity contribution in [1.82, 2.24) is 14.8 Å². The van der Waals surface area contributed by atoms with Gasteiger partial charge in [0, 0.05) is 7.05 Å². The van der Waals surface area contributed by atoms with Crippen molar-refractivity contribution in [2.75, 3.05) is 0 Å². The van der Waals surface area contributed by atoms with Crippen LogP contribution in [0.5, 0.6) is 0 Å². The molecule has 1 heterocycles. The van der Waals surface area contributed by atoms with E-state index in [1.54, 1.807) is 7.05 Å². The Bertz CT molecular complexity index is 269. The Hall–Kier alpha value is -1.43. The van der Waals surface area contributed by atoms with Crippen LogP contribution in [-0.2, 0) is 11.8 Å². The Balaban J connectivity index is 2.92. The molecule has 6 heteroatoms. The second-order valence-electron chi connectivity index (χ2n) is 2.12. The molecule has 11 heavy (non-hydrogen) atoms. The molecule has 0 amide bonds. The molecule has 0 aliphatic rings. The summed E-state index contributed by atoms with van der Waals surface area (Å²) in [7, 11) is 1.64. The quantitative estimate of drug-likeness (QED) is 0.566. The van der Waals surface area contributed by atoms with Gasteiger partial charge in [0.25, 0.3) is 0 Å². The standard InChI is InChI=1S/C5H8N4O2/c1-9-2-7-8-4(9)3(6)5(10)11/h2-3H,6H2,1H3,(H,10,11). The molecule has 1 unspecified atom stereocenters. The zero-order valence-electron chi connectivity index (χ0n) is 5.93. The van der Waals surface area contributed by atoms with Crippen molar-refractivity contribution in [3.63, 3.8) is 0 Å². The van der Waals surface area contributed by atoms with Gasteiger partial charge in [-0.2, -0.15) is 0 Å². The highest BCUT2D eigenvalue weighted by Crippen LogP contribution is 2.03. The maximum atomic E-state index is 10.3. The first-order valence-corrected chi connectivity index (χ1v) is 2.95. The molecule has 1 aromatic rings. The van der Waals surface area contributed by atoms with E-state index in [0.29, 0.717) is 0 Å². The highest BCUT2D eigenvalue weighted by Gasteiger charge is 2.18. The highest BCUT2D eigenvalue weighted by molar-refractivity contribution is 5.73. The van der Waals surface area contributed by atoms with E-state index in [1.165, 1.54) is 10.9 Å². The Kier molecular flexibility index (Phi) is 1.86. The van der Waals surface area contributed by atoms with Crippen molar-refractivity contribution in [1.29, 1.82) is 0 Å². The molecule has 6 nitrogen and oxygen atoms in total. The summed E-state index contributed by atoms with van der Waals surface area (Å²) in [4.78, 5) is 10.3. The first kappa shape index (κ1) is 7.67. The van der Waals surface area contributed by atoms with E-state index < -0.39 is 12.0 Å². The lowest BCUT2D eigenvalue weighted by atomic mass is 10.3. The summed E-state index contributed by atoms with van der Waals surface area (Å²) in [6.07, 6.45) is 1.40. The summed E-state index contributed by atoms with van der Waals surface area (Å²) in [6.45, 7) is 0. The van der Waals surface area contributed by atoms with Crippen LogP contribution in [0, 0.1) is 0 Å². The molecule has 1 rings (SSSR count). The van der Waals surface area contributed by atoms with Gasteiger partial charge in [0.2, 0.25) is 0 Å². The molecule has 0 radical (unpaired) electrons. The topological polar surface area (TPSA) is 94.0 Å².